The lowest BCUT2D eigenvalue weighted by Gasteiger charge is -2.47. The molecule has 0 aliphatic carbocycles. The van der Waals surface area contributed by atoms with Crippen LogP contribution in [0.1, 0.15) is 63.5 Å². The van der Waals surface area contributed by atoms with Crippen LogP contribution >= 0.6 is 58.6 Å². The summed E-state index contributed by atoms with van der Waals surface area (Å²) in [6, 6.07) is 15.6. The van der Waals surface area contributed by atoms with E-state index in [1.807, 2.05) is 6.07 Å². The Morgan fingerprint density at radius 2 is 1.14 bits per heavy atom. The number of halogens is 6. The molecule has 360 valence electrons. The summed E-state index contributed by atoms with van der Waals surface area (Å²) in [5.41, 5.74) is 8.56. The van der Waals surface area contributed by atoms with Crippen molar-refractivity contribution in [2.45, 2.75) is 89.6 Å². The number of hydrogen-bond acceptors (Lipinski definition) is 13. The lowest BCUT2D eigenvalue weighted by Crippen LogP contribution is -2.58. The lowest BCUT2D eigenvalue weighted by molar-refractivity contribution is -0.159. The summed E-state index contributed by atoms with van der Waals surface area (Å²) in [5.74, 6) is 1.20. The normalized spacial score (nSPS) is 20.9. The van der Waals surface area contributed by atoms with E-state index in [0.717, 1.165) is 139 Å². The van der Waals surface area contributed by atoms with Crippen molar-refractivity contribution in [3.8, 4) is 0 Å². The van der Waals surface area contributed by atoms with Gasteiger partial charge in [-0.3, -0.25) is 19.6 Å². The molecule has 4 saturated heterocycles. The van der Waals surface area contributed by atoms with Crippen LogP contribution in [0.4, 0.5) is 31.8 Å². The zero-order valence-corrected chi connectivity index (χ0v) is 41.8. The van der Waals surface area contributed by atoms with Gasteiger partial charge in [-0.05, 0) is 101 Å². The number of nitrogens with zero attached hydrogens (tertiary/aromatic N) is 8. The molecule has 8 rings (SSSR count). The van der Waals surface area contributed by atoms with Gasteiger partial charge in [-0.1, -0.05) is 72.4 Å². The van der Waals surface area contributed by atoms with E-state index < -0.39 is 0 Å². The molecule has 66 heavy (non-hydrogen) atoms. The fraction of sp³-hybridized carbons (Fsp3) is 0.532. The van der Waals surface area contributed by atoms with Gasteiger partial charge < -0.3 is 20.3 Å². The minimum absolute atomic E-state index is 0.216. The number of aromatic nitrogens is 2. The molecule has 0 spiro atoms. The standard InChI is InChI=1S/C24H32Cl2FN5O2S.C23H30Cl2FN5/c1-3-20-16-31(24-22(26)13-19(14-28-24)29-35-34-33-2)10-11-32(20)21-6-8-30(9-7-21)15-17-4-5-18(25)12-23(17)27;1-2-19-15-30(23-21(25)12-18(27)13-28-23)9-10-31(19)20-5-7-29(8-6-20)14-16-3-4-17(24)11-22(16)26/h4-5,12-14,20-21,29H,3,6-11,15-16H2,1-2H3;3-4,11-13,19-20H,2,5-10,14-15,27H2,1H3/t20-;19-/m00/s1. The first kappa shape index (κ1) is 50.9. The van der Waals surface area contributed by atoms with Crippen molar-refractivity contribution >= 4 is 81.6 Å². The molecule has 12 nitrogen and oxygen atoms in total. The maximum atomic E-state index is 14.2. The molecule has 0 unspecified atom stereocenters. The van der Waals surface area contributed by atoms with E-state index in [9.17, 15) is 8.78 Å². The largest absolute Gasteiger partial charge is 0.397 e. The molecule has 0 saturated carbocycles. The zero-order valence-electron chi connectivity index (χ0n) is 38.0. The van der Waals surface area contributed by atoms with Crippen LogP contribution in [-0.2, 0) is 22.3 Å². The predicted octanol–water partition coefficient (Wildman–Crippen LogP) is 10.3. The molecule has 0 bridgehead atoms. The Hall–Kier alpha value is -2.93. The minimum Gasteiger partial charge on any atom is -0.397 e. The van der Waals surface area contributed by atoms with Gasteiger partial charge in [0.1, 0.15) is 35.5 Å². The van der Waals surface area contributed by atoms with E-state index in [-0.39, 0.29) is 11.6 Å². The molecule has 4 aromatic rings. The molecule has 3 N–H and O–H groups in total. The van der Waals surface area contributed by atoms with Crippen LogP contribution in [-0.4, -0.2) is 126 Å². The van der Waals surface area contributed by atoms with Crippen LogP contribution in [0, 0.1) is 11.6 Å². The van der Waals surface area contributed by atoms with Gasteiger partial charge in [0.15, 0.2) is 0 Å². The Morgan fingerprint density at radius 3 is 1.56 bits per heavy atom. The number of anilines is 4. The summed E-state index contributed by atoms with van der Waals surface area (Å²) in [5, 5.41) is 2.11. The number of piperazine rings is 2. The summed E-state index contributed by atoms with van der Waals surface area (Å²) in [7, 11) is 1.44. The highest BCUT2D eigenvalue weighted by Gasteiger charge is 2.36. The Balaban J connectivity index is 0.000000198. The molecule has 0 amide bonds. The van der Waals surface area contributed by atoms with Crippen LogP contribution in [0.2, 0.25) is 20.1 Å². The first-order valence-corrected chi connectivity index (χ1v) is 25.2. The van der Waals surface area contributed by atoms with Crippen LogP contribution < -0.4 is 20.3 Å². The number of nitrogen functional groups attached to an aromatic ring is 1. The number of hydrogen-bond donors (Lipinski definition) is 2. The minimum atomic E-state index is -0.222. The van der Waals surface area contributed by atoms with Gasteiger partial charge in [-0.25, -0.2) is 23.6 Å². The van der Waals surface area contributed by atoms with E-state index in [1.54, 1.807) is 42.7 Å². The van der Waals surface area contributed by atoms with E-state index in [1.165, 1.54) is 19.2 Å². The average Bonchev–Trinajstić information content (AvgIpc) is 3.31. The summed E-state index contributed by atoms with van der Waals surface area (Å²) >= 11 is 25.7. The van der Waals surface area contributed by atoms with E-state index >= 15 is 0 Å². The van der Waals surface area contributed by atoms with Crippen LogP contribution in [0.25, 0.3) is 0 Å². The van der Waals surface area contributed by atoms with Gasteiger partial charge in [0, 0.05) is 97.7 Å². The third-order valence-corrected chi connectivity index (χ3v) is 14.9. The Labute approximate surface area is 413 Å². The van der Waals surface area contributed by atoms with Gasteiger partial charge in [-0.15, -0.1) is 4.33 Å². The highest BCUT2D eigenvalue weighted by molar-refractivity contribution is 7.95. The van der Waals surface area contributed by atoms with Crippen molar-refractivity contribution in [2.75, 3.05) is 92.8 Å². The summed E-state index contributed by atoms with van der Waals surface area (Å²) < 4.78 is 36.1. The van der Waals surface area contributed by atoms with Crippen LogP contribution in [0.15, 0.2) is 60.9 Å². The fourth-order valence-electron chi connectivity index (χ4n) is 9.91. The Bertz CT molecular complexity index is 2190. The number of piperidine rings is 2. The molecule has 2 aromatic heterocycles. The van der Waals surface area contributed by atoms with Gasteiger partial charge in [0.05, 0.1) is 40.9 Å². The van der Waals surface area contributed by atoms with Crippen molar-refractivity contribution < 1.29 is 18.0 Å². The first-order valence-electron chi connectivity index (χ1n) is 23.0. The Morgan fingerprint density at radius 1 is 0.667 bits per heavy atom. The molecule has 4 aliphatic heterocycles. The van der Waals surface area contributed by atoms with Crippen molar-refractivity contribution in [3.63, 3.8) is 0 Å². The van der Waals surface area contributed by atoms with Gasteiger partial charge >= 0.3 is 0 Å². The van der Waals surface area contributed by atoms with Gasteiger partial charge in [0.25, 0.3) is 0 Å². The van der Waals surface area contributed by atoms with Crippen molar-refractivity contribution in [1.82, 2.24) is 29.6 Å². The van der Waals surface area contributed by atoms with Crippen LogP contribution in [0.5, 0.6) is 0 Å². The van der Waals surface area contributed by atoms with Gasteiger partial charge in [0.2, 0.25) is 0 Å². The smallest absolute Gasteiger partial charge is 0.149 e. The third-order valence-electron chi connectivity index (χ3n) is 13.4. The van der Waals surface area contributed by atoms with E-state index in [4.69, 9.17) is 56.5 Å². The first-order chi connectivity index (χ1) is 31.9. The number of pyridine rings is 2. The number of nitrogens with two attached hydrogens (primary N) is 1. The monoisotopic (exact) mass is 1010 g/mol. The fourth-order valence-corrected chi connectivity index (χ4v) is 11.1. The molecular formula is C47H62Cl4F2N10O2S. The van der Waals surface area contributed by atoms with E-state index in [2.05, 4.69) is 62.8 Å². The van der Waals surface area contributed by atoms with Crippen molar-refractivity contribution in [3.05, 3.63) is 104 Å². The number of rotatable bonds is 14. The van der Waals surface area contributed by atoms with Crippen LogP contribution in [0.3, 0.4) is 0 Å². The number of benzene rings is 2. The highest BCUT2D eigenvalue weighted by Crippen LogP contribution is 2.33. The maximum absolute atomic E-state index is 14.2. The molecular weight excluding hydrogens is 948 g/mol. The van der Waals surface area contributed by atoms with Crippen molar-refractivity contribution in [2.24, 2.45) is 0 Å². The summed E-state index contributed by atoms with van der Waals surface area (Å²) in [6.45, 7) is 15.2. The van der Waals surface area contributed by atoms with Gasteiger partial charge in [-0.2, -0.15) is 0 Å². The summed E-state index contributed by atoms with van der Waals surface area (Å²) in [4.78, 5) is 28.2. The molecule has 2 atom stereocenters. The zero-order chi connectivity index (χ0) is 46.7. The number of likely N-dealkylation sites (tertiary alicyclic amines) is 2. The second kappa shape index (κ2) is 24.6. The second-order valence-corrected chi connectivity index (χ2v) is 19.7. The molecule has 4 fully saturated rings. The van der Waals surface area contributed by atoms with E-state index in [0.29, 0.717) is 68.6 Å². The maximum Gasteiger partial charge on any atom is 0.149 e. The Kier molecular flexibility index (Phi) is 19.0. The number of nitrogens with one attached hydrogen (secondary N) is 1. The highest BCUT2D eigenvalue weighted by atomic mass is 35.5. The van der Waals surface area contributed by atoms with Crippen molar-refractivity contribution in [1.29, 1.82) is 0 Å². The topological polar surface area (TPSA) is 102 Å². The molecule has 2 aromatic carbocycles. The molecule has 0 radical (unpaired) electrons. The molecule has 19 heteroatoms. The quantitative estimate of drug-likeness (QED) is 0.0413. The molecule has 4 aliphatic rings. The summed E-state index contributed by atoms with van der Waals surface area (Å²) in [6.07, 6.45) is 9.96. The second-order valence-electron chi connectivity index (χ2n) is 17.5. The third kappa shape index (κ3) is 13.4. The molecule has 6 heterocycles. The predicted molar refractivity (Wildman–Crippen MR) is 268 cm³/mol. The average molecular weight is 1010 g/mol. The SMILES string of the molecule is CC[C@H]1CN(c2ncc(N)cc2Cl)CCN1C1CCN(Cc2ccc(Cl)cc2F)CC1.CC[C@H]1CN(c2ncc(NSOOC)cc2Cl)CCN1C1CCN(Cc2ccc(Cl)cc2F)CC1. The lowest BCUT2D eigenvalue weighted by atomic mass is 9.97.